The van der Waals surface area contributed by atoms with Crippen LogP contribution < -0.4 is 0 Å². The highest BCUT2D eigenvalue weighted by atomic mass is 16.7. The molecule has 90 valence electrons. The third kappa shape index (κ3) is 5.08. The van der Waals surface area contributed by atoms with Gasteiger partial charge in [-0.1, -0.05) is 0 Å². The molecule has 0 heterocycles. The summed E-state index contributed by atoms with van der Waals surface area (Å²) in [5.41, 5.74) is -1.18. The van der Waals surface area contributed by atoms with Crippen LogP contribution in [0.4, 0.5) is 0 Å². The van der Waals surface area contributed by atoms with Gasteiger partial charge in [0.1, 0.15) is 13.6 Å². The van der Waals surface area contributed by atoms with Crippen LogP contribution in [0.3, 0.4) is 0 Å². The maximum absolute atomic E-state index is 11.4. The Balaban J connectivity index is 4.20. The van der Waals surface area contributed by atoms with Crippen molar-refractivity contribution in [1.82, 2.24) is 0 Å². The van der Waals surface area contributed by atoms with E-state index < -0.39 is 11.6 Å². The van der Waals surface area contributed by atoms with Crippen molar-refractivity contribution in [2.45, 2.75) is 12.5 Å². The molecular formula is C9H18O6. The highest BCUT2D eigenvalue weighted by molar-refractivity contribution is 5.79. The van der Waals surface area contributed by atoms with Crippen LogP contribution in [0.25, 0.3) is 0 Å². The lowest BCUT2D eigenvalue weighted by Gasteiger charge is -2.25. The molecule has 0 aromatic heterocycles. The predicted octanol–water partition coefficient (Wildman–Crippen LogP) is 0.159. The number of carbonyl (C=O) groups is 1. The van der Waals surface area contributed by atoms with Crippen LogP contribution in [0.5, 0.6) is 0 Å². The monoisotopic (exact) mass is 222 g/mol. The smallest absolute Gasteiger partial charge is 0.340 e. The molecule has 0 bridgehead atoms. The van der Waals surface area contributed by atoms with Gasteiger partial charge in [-0.05, 0) is 6.92 Å². The maximum atomic E-state index is 11.4. The quantitative estimate of drug-likeness (QED) is 0.331. The Hall–Kier alpha value is -0.690. The van der Waals surface area contributed by atoms with E-state index in [2.05, 4.69) is 4.74 Å². The first-order valence-electron chi connectivity index (χ1n) is 4.38. The third-order valence-electron chi connectivity index (χ3n) is 1.69. The highest BCUT2D eigenvalue weighted by Gasteiger charge is 2.36. The Labute approximate surface area is 89.4 Å². The average molecular weight is 222 g/mol. The first-order valence-corrected chi connectivity index (χ1v) is 4.38. The van der Waals surface area contributed by atoms with Gasteiger partial charge < -0.3 is 23.7 Å². The molecule has 0 spiro atoms. The fourth-order valence-electron chi connectivity index (χ4n) is 0.884. The minimum atomic E-state index is -1.18. The molecule has 0 N–H and O–H groups in total. The van der Waals surface area contributed by atoms with Gasteiger partial charge in [-0.3, -0.25) is 0 Å². The highest BCUT2D eigenvalue weighted by Crippen LogP contribution is 2.13. The standard InChI is InChI=1S/C9H18O6/c1-9(8(10)13-4,15-7-12-3)5-14-6-11-2/h5-7H2,1-4H3/t9-/m1/s1. The fraction of sp³-hybridized carbons (Fsp3) is 0.889. The molecule has 6 heteroatoms. The van der Waals surface area contributed by atoms with E-state index >= 15 is 0 Å². The predicted molar refractivity (Wildman–Crippen MR) is 51.2 cm³/mol. The van der Waals surface area contributed by atoms with Crippen molar-refractivity contribution in [3.8, 4) is 0 Å². The van der Waals surface area contributed by atoms with E-state index in [1.165, 1.54) is 21.3 Å². The second-order valence-electron chi connectivity index (χ2n) is 3.03. The van der Waals surface area contributed by atoms with Gasteiger partial charge >= 0.3 is 5.97 Å². The summed E-state index contributed by atoms with van der Waals surface area (Å²) in [4.78, 5) is 11.4. The molecule has 0 saturated heterocycles. The number of carbonyl (C=O) groups excluding carboxylic acids is 1. The molecule has 6 nitrogen and oxygen atoms in total. The van der Waals surface area contributed by atoms with Crippen molar-refractivity contribution in [2.75, 3.05) is 41.5 Å². The van der Waals surface area contributed by atoms with Crippen LogP contribution in [-0.4, -0.2) is 53.1 Å². The Bertz CT molecular complexity index is 183. The van der Waals surface area contributed by atoms with Gasteiger partial charge in [-0.25, -0.2) is 4.79 Å². The maximum Gasteiger partial charge on any atom is 0.340 e. The molecule has 0 radical (unpaired) electrons. The van der Waals surface area contributed by atoms with E-state index in [9.17, 15) is 4.79 Å². The third-order valence-corrected chi connectivity index (χ3v) is 1.69. The molecule has 15 heavy (non-hydrogen) atoms. The van der Waals surface area contributed by atoms with Crippen LogP contribution in [0.15, 0.2) is 0 Å². The lowest BCUT2D eigenvalue weighted by molar-refractivity contribution is -0.197. The normalized spacial score (nSPS) is 14.7. The zero-order valence-corrected chi connectivity index (χ0v) is 9.57. The number of hydrogen-bond acceptors (Lipinski definition) is 6. The van der Waals surface area contributed by atoms with Crippen molar-refractivity contribution in [2.24, 2.45) is 0 Å². The van der Waals surface area contributed by atoms with Crippen LogP contribution in [0.2, 0.25) is 0 Å². The van der Waals surface area contributed by atoms with Crippen molar-refractivity contribution in [1.29, 1.82) is 0 Å². The molecule has 0 aromatic rings. The molecule has 0 aromatic carbocycles. The van der Waals surface area contributed by atoms with Crippen LogP contribution in [0.1, 0.15) is 6.92 Å². The van der Waals surface area contributed by atoms with Crippen molar-refractivity contribution >= 4 is 5.97 Å². The second kappa shape index (κ2) is 7.58. The molecule has 0 aliphatic heterocycles. The average Bonchev–Trinajstić information content (AvgIpc) is 2.25. The molecule has 0 saturated carbocycles. The van der Waals surface area contributed by atoms with Crippen molar-refractivity contribution < 1.29 is 28.5 Å². The lowest BCUT2D eigenvalue weighted by Crippen LogP contribution is -2.44. The summed E-state index contributed by atoms with van der Waals surface area (Å²) < 4.78 is 24.3. The number of hydrogen-bond donors (Lipinski definition) is 0. The first-order chi connectivity index (χ1) is 7.10. The van der Waals surface area contributed by atoms with Crippen LogP contribution >= 0.6 is 0 Å². The summed E-state index contributed by atoms with van der Waals surface area (Å²) in [7, 11) is 4.24. The minimum absolute atomic E-state index is 0.0120. The SMILES string of the molecule is COCOC[C@@](C)(OCOC)C(=O)OC. The topological polar surface area (TPSA) is 63.2 Å². The molecule has 0 fully saturated rings. The summed E-state index contributed by atoms with van der Waals surface area (Å²) in [6.07, 6.45) is 0. The van der Waals surface area contributed by atoms with E-state index in [0.29, 0.717) is 0 Å². The fourth-order valence-corrected chi connectivity index (χ4v) is 0.884. The van der Waals surface area contributed by atoms with E-state index in [1.807, 2.05) is 0 Å². The number of methoxy groups -OCH3 is 3. The zero-order valence-electron chi connectivity index (χ0n) is 9.57. The van der Waals surface area contributed by atoms with Gasteiger partial charge in [0, 0.05) is 14.2 Å². The van der Waals surface area contributed by atoms with E-state index in [1.54, 1.807) is 6.92 Å². The Morgan fingerprint density at radius 1 is 1.13 bits per heavy atom. The molecule has 0 unspecified atom stereocenters. The Morgan fingerprint density at radius 2 is 1.73 bits per heavy atom. The number of esters is 1. The van der Waals surface area contributed by atoms with Gasteiger partial charge in [0.2, 0.25) is 0 Å². The van der Waals surface area contributed by atoms with Gasteiger partial charge in [0.15, 0.2) is 5.60 Å². The van der Waals surface area contributed by atoms with Crippen LogP contribution in [-0.2, 0) is 28.5 Å². The van der Waals surface area contributed by atoms with Gasteiger partial charge in [-0.2, -0.15) is 0 Å². The molecular weight excluding hydrogens is 204 g/mol. The van der Waals surface area contributed by atoms with Crippen molar-refractivity contribution in [3.63, 3.8) is 0 Å². The van der Waals surface area contributed by atoms with E-state index in [0.717, 1.165) is 0 Å². The van der Waals surface area contributed by atoms with Gasteiger partial charge in [0.05, 0.1) is 13.7 Å². The number of ether oxygens (including phenoxy) is 5. The van der Waals surface area contributed by atoms with E-state index in [-0.39, 0.29) is 20.2 Å². The van der Waals surface area contributed by atoms with E-state index in [4.69, 9.17) is 18.9 Å². The molecule has 0 amide bonds. The molecule has 0 aliphatic rings. The largest absolute Gasteiger partial charge is 0.467 e. The molecule has 0 rings (SSSR count). The van der Waals surface area contributed by atoms with Gasteiger partial charge in [0.25, 0.3) is 0 Å². The van der Waals surface area contributed by atoms with Crippen LogP contribution in [0, 0.1) is 0 Å². The summed E-state index contributed by atoms with van der Waals surface area (Å²) in [6, 6.07) is 0. The summed E-state index contributed by atoms with van der Waals surface area (Å²) in [6.45, 7) is 1.68. The second-order valence-corrected chi connectivity index (χ2v) is 3.03. The number of rotatable bonds is 8. The minimum Gasteiger partial charge on any atom is -0.467 e. The van der Waals surface area contributed by atoms with Gasteiger partial charge in [-0.15, -0.1) is 0 Å². The molecule has 1 atom stereocenters. The summed E-state index contributed by atoms with van der Waals surface area (Å²) in [5.74, 6) is -0.518. The Kier molecular flexibility index (Phi) is 7.23. The Morgan fingerprint density at radius 3 is 2.20 bits per heavy atom. The first kappa shape index (κ1) is 14.3. The van der Waals surface area contributed by atoms with Crippen molar-refractivity contribution in [3.05, 3.63) is 0 Å². The summed E-state index contributed by atoms with van der Waals surface area (Å²) >= 11 is 0. The zero-order chi connectivity index (χ0) is 11.7. The summed E-state index contributed by atoms with van der Waals surface area (Å²) in [5, 5.41) is 0. The molecule has 0 aliphatic carbocycles. The lowest BCUT2D eigenvalue weighted by atomic mass is 10.1.